The molecule has 0 radical (unpaired) electrons. The van der Waals surface area contributed by atoms with Crippen molar-refractivity contribution in [2.45, 2.75) is 44.4 Å². The molecule has 176 valence electrons. The van der Waals surface area contributed by atoms with E-state index in [9.17, 15) is 22.4 Å². The van der Waals surface area contributed by atoms with Crippen molar-refractivity contribution in [3.8, 4) is 11.1 Å². The maximum absolute atomic E-state index is 15.0. The first-order chi connectivity index (χ1) is 15.5. The van der Waals surface area contributed by atoms with Crippen LogP contribution in [-0.4, -0.2) is 40.1 Å². The molecule has 0 aliphatic heterocycles. The summed E-state index contributed by atoms with van der Waals surface area (Å²) in [5.74, 6) is -1.86. The lowest BCUT2D eigenvalue weighted by Crippen LogP contribution is -2.50. The number of aromatic nitrogens is 2. The van der Waals surface area contributed by atoms with Crippen LogP contribution in [0.4, 0.5) is 4.39 Å². The van der Waals surface area contributed by atoms with Gasteiger partial charge in [0.2, 0.25) is 0 Å². The van der Waals surface area contributed by atoms with Crippen LogP contribution in [0.2, 0.25) is 0 Å². The van der Waals surface area contributed by atoms with Crippen molar-refractivity contribution in [3.63, 3.8) is 0 Å². The summed E-state index contributed by atoms with van der Waals surface area (Å²) in [4.78, 5) is 29.1. The molecule has 33 heavy (non-hydrogen) atoms. The van der Waals surface area contributed by atoms with E-state index in [4.69, 9.17) is 5.21 Å². The van der Waals surface area contributed by atoms with Gasteiger partial charge in [-0.2, -0.15) is 0 Å². The number of hydrogen-bond acceptors (Lipinski definition) is 6. The summed E-state index contributed by atoms with van der Waals surface area (Å²) < 4.78 is 38.3. The van der Waals surface area contributed by atoms with E-state index in [0.29, 0.717) is 5.56 Å². The first-order valence-electron chi connectivity index (χ1n) is 10.4. The van der Waals surface area contributed by atoms with Crippen LogP contribution in [0.15, 0.2) is 47.5 Å². The smallest absolute Gasteiger partial charge is 0.264 e. The van der Waals surface area contributed by atoms with Crippen LogP contribution in [0.5, 0.6) is 0 Å². The van der Waals surface area contributed by atoms with E-state index in [1.165, 1.54) is 23.4 Å². The minimum atomic E-state index is -3.93. The molecule has 0 aliphatic rings. The van der Waals surface area contributed by atoms with Gasteiger partial charge in [-0.1, -0.05) is 37.6 Å². The topological polar surface area (TPSA) is 118 Å². The Hall–Kier alpha value is -3.11. The summed E-state index contributed by atoms with van der Waals surface area (Å²) in [6.07, 6.45) is 3.70. The van der Waals surface area contributed by atoms with Crippen molar-refractivity contribution in [1.82, 2.24) is 15.0 Å². The molecule has 1 amide bonds. The van der Waals surface area contributed by atoms with Gasteiger partial charge in [0.25, 0.3) is 11.5 Å². The van der Waals surface area contributed by atoms with Crippen LogP contribution in [0.3, 0.4) is 0 Å². The highest BCUT2D eigenvalue weighted by Gasteiger charge is 2.43. The lowest BCUT2D eigenvalue weighted by molar-refractivity contribution is -0.131. The largest absolute Gasteiger partial charge is 0.299 e. The minimum Gasteiger partial charge on any atom is -0.299 e. The van der Waals surface area contributed by atoms with Crippen molar-refractivity contribution < 1.29 is 22.8 Å². The van der Waals surface area contributed by atoms with Crippen molar-refractivity contribution >= 4 is 26.6 Å². The summed E-state index contributed by atoms with van der Waals surface area (Å²) in [6.45, 7) is 3.01. The number of carbonyl (C=O) groups is 1. The second-order valence-corrected chi connectivity index (χ2v) is 10.7. The number of rotatable bonds is 8. The van der Waals surface area contributed by atoms with E-state index in [-0.39, 0.29) is 23.9 Å². The molecule has 1 heterocycles. The van der Waals surface area contributed by atoms with Crippen LogP contribution >= 0.6 is 0 Å². The Kier molecular flexibility index (Phi) is 6.99. The number of halogens is 1. The fourth-order valence-corrected chi connectivity index (χ4v) is 4.48. The summed E-state index contributed by atoms with van der Waals surface area (Å²) in [5.41, 5.74) is 3.38. The number of amides is 1. The average molecular weight is 476 g/mol. The number of carbonyl (C=O) groups excluding carboxylic acids is 1. The third-order valence-corrected chi connectivity index (χ3v) is 7.96. The molecule has 3 rings (SSSR count). The zero-order valence-corrected chi connectivity index (χ0v) is 19.4. The Labute approximate surface area is 191 Å². The van der Waals surface area contributed by atoms with Gasteiger partial charge in [-0.05, 0) is 48.6 Å². The fourth-order valence-electron chi connectivity index (χ4n) is 3.63. The van der Waals surface area contributed by atoms with E-state index in [1.54, 1.807) is 6.07 Å². The van der Waals surface area contributed by atoms with Gasteiger partial charge in [-0.25, -0.2) is 23.3 Å². The third-order valence-electron chi connectivity index (χ3n) is 5.94. The first kappa shape index (κ1) is 24.5. The fraction of sp³-hybridized carbons (Fsp3) is 0.348. The van der Waals surface area contributed by atoms with E-state index in [1.807, 2.05) is 24.3 Å². The van der Waals surface area contributed by atoms with Crippen molar-refractivity contribution in [1.29, 1.82) is 0 Å². The van der Waals surface area contributed by atoms with Gasteiger partial charge in [0, 0.05) is 12.8 Å². The van der Waals surface area contributed by atoms with E-state index < -0.39 is 31.9 Å². The molecule has 0 saturated carbocycles. The molecule has 0 fully saturated rings. The Balaban J connectivity index is 1.97. The SMILES string of the molecule is CCCc1ccc(-c2cc(F)c3c(=O)n(CC[C@](C)(C(=O)NO)S(C)(=O)=O)cnc3c2)cc1. The molecular formula is C23H26FN3O5S. The van der Waals surface area contributed by atoms with Crippen LogP contribution < -0.4 is 11.0 Å². The molecule has 2 N–H and O–H groups in total. The maximum Gasteiger partial charge on any atom is 0.264 e. The molecule has 8 nitrogen and oxygen atoms in total. The number of sulfone groups is 1. The van der Waals surface area contributed by atoms with Gasteiger partial charge < -0.3 is 0 Å². The predicted molar refractivity (Wildman–Crippen MR) is 123 cm³/mol. The number of benzene rings is 2. The van der Waals surface area contributed by atoms with E-state index in [0.717, 1.165) is 36.2 Å². The number of nitrogens with zero attached hydrogens (tertiary/aromatic N) is 2. The maximum atomic E-state index is 15.0. The zero-order chi connectivity index (χ0) is 24.4. The Morgan fingerprint density at radius 3 is 2.45 bits per heavy atom. The lowest BCUT2D eigenvalue weighted by Gasteiger charge is -2.25. The Morgan fingerprint density at radius 1 is 1.21 bits per heavy atom. The molecule has 0 bridgehead atoms. The monoisotopic (exact) mass is 475 g/mol. The minimum absolute atomic E-state index is 0.169. The standard InChI is InChI=1S/C23H26FN3O5S/c1-4-5-15-6-8-16(9-7-15)17-12-18(24)20-19(13-17)25-14-27(21(20)28)11-10-23(2,22(29)26-30)33(3,31)32/h6-9,12-14,30H,4-5,10-11H2,1-3H3,(H,26,29)/t23-/m1/s1. The number of aryl methyl sites for hydroxylation is 2. The van der Waals surface area contributed by atoms with Gasteiger partial charge in [-0.3, -0.25) is 19.4 Å². The second-order valence-electron chi connectivity index (χ2n) is 8.24. The van der Waals surface area contributed by atoms with Crippen LogP contribution in [0, 0.1) is 5.82 Å². The summed E-state index contributed by atoms with van der Waals surface area (Å²) in [7, 11) is -3.93. The third kappa shape index (κ3) is 4.81. The van der Waals surface area contributed by atoms with E-state index in [2.05, 4.69) is 11.9 Å². The van der Waals surface area contributed by atoms with Gasteiger partial charge in [0.05, 0.1) is 11.8 Å². The molecular weight excluding hydrogens is 449 g/mol. The highest BCUT2D eigenvalue weighted by molar-refractivity contribution is 7.92. The molecule has 1 atom stereocenters. The molecule has 3 aromatic rings. The summed E-state index contributed by atoms with van der Waals surface area (Å²) in [5, 5.41) is 8.71. The molecule has 10 heteroatoms. The van der Waals surface area contributed by atoms with Gasteiger partial charge in [0.1, 0.15) is 11.2 Å². The predicted octanol–water partition coefficient (Wildman–Crippen LogP) is 2.85. The van der Waals surface area contributed by atoms with Crippen molar-refractivity contribution in [2.24, 2.45) is 0 Å². The lowest BCUT2D eigenvalue weighted by atomic mass is 10.0. The summed E-state index contributed by atoms with van der Waals surface area (Å²) >= 11 is 0. The normalized spacial score (nSPS) is 13.6. The zero-order valence-electron chi connectivity index (χ0n) is 18.6. The van der Waals surface area contributed by atoms with Crippen molar-refractivity contribution in [3.05, 3.63) is 64.5 Å². The second kappa shape index (κ2) is 9.40. The number of hydroxylamine groups is 1. The molecule has 0 spiro atoms. The summed E-state index contributed by atoms with van der Waals surface area (Å²) in [6, 6.07) is 10.6. The highest BCUT2D eigenvalue weighted by atomic mass is 32.2. The Bertz CT molecular complexity index is 1350. The van der Waals surface area contributed by atoms with Crippen LogP contribution in [0.1, 0.15) is 32.3 Å². The molecule has 1 aromatic heterocycles. The first-order valence-corrected chi connectivity index (χ1v) is 12.3. The molecule has 0 unspecified atom stereocenters. The highest BCUT2D eigenvalue weighted by Crippen LogP contribution is 2.26. The molecule has 2 aromatic carbocycles. The number of nitrogens with one attached hydrogen (secondary N) is 1. The van der Waals surface area contributed by atoms with E-state index >= 15 is 0 Å². The van der Waals surface area contributed by atoms with Gasteiger partial charge in [-0.15, -0.1) is 0 Å². The average Bonchev–Trinajstić information content (AvgIpc) is 2.77. The molecule has 0 aliphatic carbocycles. The van der Waals surface area contributed by atoms with Gasteiger partial charge >= 0.3 is 0 Å². The number of hydrogen-bond donors (Lipinski definition) is 2. The van der Waals surface area contributed by atoms with Crippen LogP contribution in [0.25, 0.3) is 22.0 Å². The quantitative estimate of drug-likeness (QED) is 0.382. The van der Waals surface area contributed by atoms with Crippen molar-refractivity contribution in [2.75, 3.05) is 6.26 Å². The van der Waals surface area contributed by atoms with Crippen LogP contribution in [-0.2, 0) is 27.6 Å². The van der Waals surface area contributed by atoms with Gasteiger partial charge in [0.15, 0.2) is 14.6 Å². The molecule has 0 saturated heterocycles. The Morgan fingerprint density at radius 2 is 1.88 bits per heavy atom. The number of fused-ring (bicyclic) bond motifs is 1.